The van der Waals surface area contributed by atoms with Crippen LogP contribution in [0, 0.1) is 0 Å². The molecule has 0 fully saturated rings. The average Bonchev–Trinajstić information content (AvgIpc) is 1.99. The molecule has 0 aromatic heterocycles. The fourth-order valence-corrected chi connectivity index (χ4v) is 0.710. The smallest absolute Gasteiger partial charge is 0.157 e. The van der Waals surface area contributed by atoms with Crippen molar-refractivity contribution in [1.29, 1.82) is 0 Å². The normalized spacial score (nSPS) is 15.0. The molecule has 3 N–H and O–H groups in total. The number of hydrogen-bond donors (Lipinski definition) is 2. The Labute approximate surface area is 100 Å². The zero-order valence-corrected chi connectivity index (χ0v) is 11.6. The summed E-state index contributed by atoms with van der Waals surface area (Å²) in [5, 5.41) is 8.78. The molecule has 2 atom stereocenters. The van der Waals surface area contributed by atoms with E-state index in [2.05, 4.69) is 6.92 Å². The fraction of sp³-hybridized carbons (Fsp3) is 1.00. The molecule has 0 rings (SSSR count). The molecule has 0 spiro atoms. The van der Waals surface area contributed by atoms with Crippen LogP contribution in [0.5, 0.6) is 0 Å². The summed E-state index contributed by atoms with van der Waals surface area (Å²) in [5.74, 6) is 0. The van der Waals surface area contributed by atoms with E-state index in [1.54, 1.807) is 13.8 Å². The first-order chi connectivity index (χ1) is 7.16. The van der Waals surface area contributed by atoms with Crippen molar-refractivity contribution < 1.29 is 14.6 Å². The second kappa shape index (κ2) is 10.0. The quantitative estimate of drug-likeness (QED) is 0.547. The molecule has 4 nitrogen and oxygen atoms in total. The number of unbranched alkanes of at least 4 members (excludes halogenated alkanes) is 1. The van der Waals surface area contributed by atoms with Gasteiger partial charge in [0.2, 0.25) is 0 Å². The molecule has 0 radical (unpaired) electrons. The molecule has 0 bridgehead atoms. The van der Waals surface area contributed by atoms with Crippen molar-refractivity contribution in [2.75, 3.05) is 6.61 Å². The Morgan fingerprint density at radius 3 is 2.00 bits per heavy atom. The highest BCUT2D eigenvalue weighted by atomic mass is 16.7. The van der Waals surface area contributed by atoms with Crippen molar-refractivity contribution in [3.8, 4) is 0 Å². The van der Waals surface area contributed by atoms with Gasteiger partial charge in [-0.1, -0.05) is 13.3 Å². The Morgan fingerprint density at radius 1 is 1.25 bits per heavy atom. The van der Waals surface area contributed by atoms with Crippen LogP contribution in [0.3, 0.4) is 0 Å². The van der Waals surface area contributed by atoms with Gasteiger partial charge >= 0.3 is 0 Å². The highest BCUT2D eigenvalue weighted by Gasteiger charge is 2.03. The standard InChI is InChI=1S/C8H18O3.C4H11N/c1-4-5-6-10-8(3)11-7(2)9;1-4(2,3)5/h7-9H,4-6H2,1-3H3;5H2,1-3H3. The third kappa shape index (κ3) is 29.2. The topological polar surface area (TPSA) is 64.7 Å². The molecule has 0 aromatic rings. The molecule has 0 aliphatic heterocycles. The third-order valence-corrected chi connectivity index (χ3v) is 1.24. The van der Waals surface area contributed by atoms with E-state index < -0.39 is 6.29 Å². The molecule has 0 heterocycles. The minimum Gasteiger partial charge on any atom is -0.368 e. The summed E-state index contributed by atoms with van der Waals surface area (Å²) >= 11 is 0. The predicted octanol–water partition coefficient (Wildman–Crippen LogP) is 2.25. The van der Waals surface area contributed by atoms with Gasteiger partial charge in [0.25, 0.3) is 0 Å². The summed E-state index contributed by atoms with van der Waals surface area (Å²) in [6, 6.07) is 0. The molecule has 0 aromatic carbocycles. The number of aliphatic hydroxyl groups excluding tert-OH is 1. The van der Waals surface area contributed by atoms with Crippen LogP contribution in [0.1, 0.15) is 54.4 Å². The van der Waals surface area contributed by atoms with Crippen molar-refractivity contribution in [2.24, 2.45) is 5.73 Å². The van der Waals surface area contributed by atoms with Crippen molar-refractivity contribution >= 4 is 0 Å². The van der Waals surface area contributed by atoms with E-state index >= 15 is 0 Å². The molecular formula is C12H29NO3. The van der Waals surface area contributed by atoms with Gasteiger partial charge in [-0.15, -0.1) is 0 Å². The van der Waals surface area contributed by atoms with E-state index in [9.17, 15) is 0 Å². The van der Waals surface area contributed by atoms with Gasteiger partial charge in [-0.2, -0.15) is 0 Å². The van der Waals surface area contributed by atoms with E-state index in [1.165, 1.54) is 0 Å². The molecule has 16 heavy (non-hydrogen) atoms. The molecule has 100 valence electrons. The molecule has 0 saturated carbocycles. The Morgan fingerprint density at radius 2 is 1.69 bits per heavy atom. The fourth-order valence-electron chi connectivity index (χ4n) is 0.710. The second-order valence-corrected chi connectivity index (χ2v) is 4.89. The third-order valence-electron chi connectivity index (χ3n) is 1.24. The summed E-state index contributed by atoms with van der Waals surface area (Å²) in [6.45, 7) is 12.0. The van der Waals surface area contributed by atoms with E-state index in [0.717, 1.165) is 12.8 Å². The Kier molecular flexibility index (Phi) is 11.4. The van der Waals surface area contributed by atoms with Crippen molar-refractivity contribution in [1.82, 2.24) is 0 Å². The first-order valence-corrected chi connectivity index (χ1v) is 5.90. The van der Waals surface area contributed by atoms with Crippen LogP contribution in [-0.4, -0.2) is 29.8 Å². The van der Waals surface area contributed by atoms with Gasteiger partial charge in [0.05, 0.1) is 0 Å². The minimum atomic E-state index is -0.744. The molecular weight excluding hydrogens is 206 g/mol. The number of aliphatic hydroxyl groups is 1. The van der Waals surface area contributed by atoms with Gasteiger partial charge < -0.3 is 20.3 Å². The first-order valence-electron chi connectivity index (χ1n) is 5.90. The molecule has 0 saturated heterocycles. The van der Waals surface area contributed by atoms with Crippen LogP contribution in [-0.2, 0) is 9.47 Å². The van der Waals surface area contributed by atoms with E-state index in [1.807, 2.05) is 20.8 Å². The van der Waals surface area contributed by atoms with Gasteiger partial charge in [-0.05, 0) is 41.0 Å². The van der Waals surface area contributed by atoms with Crippen LogP contribution in [0.25, 0.3) is 0 Å². The maximum atomic E-state index is 8.78. The summed E-state index contributed by atoms with van der Waals surface area (Å²) in [6.07, 6.45) is 1.10. The first kappa shape index (κ1) is 18.2. The highest BCUT2D eigenvalue weighted by molar-refractivity contribution is 4.60. The lowest BCUT2D eigenvalue weighted by molar-refractivity contribution is -0.213. The number of ether oxygens (including phenoxy) is 2. The van der Waals surface area contributed by atoms with Gasteiger partial charge in [0.15, 0.2) is 12.6 Å². The van der Waals surface area contributed by atoms with Gasteiger partial charge in [0.1, 0.15) is 0 Å². The zero-order chi connectivity index (χ0) is 13.2. The predicted molar refractivity (Wildman–Crippen MR) is 67.0 cm³/mol. The number of nitrogens with two attached hydrogens (primary N) is 1. The lowest BCUT2D eigenvalue weighted by Crippen LogP contribution is -2.26. The molecule has 0 aliphatic rings. The molecule has 0 amide bonds. The van der Waals surface area contributed by atoms with Crippen LogP contribution < -0.4 is 5.73 Å². The van der Waals surface area contributed by atoms with Crippen LogP contribution in [0.4, 0.5) is 0 Å². The lowest BCUT2D eigenvalue weighted by atomic mass is 10.1. The van der Waals surface area contributed by atoms with Gasteiger partial charge in [0, 0.05) is 12.1 Å². The largest absolute Gasteiger partial charge is 0.368 e. The highest BCUT2D eigenvalue weighted by Crippen LogP contribution is 1.98. The van der Waals surface area contributed by atoms with E-state index in [4.69, 9.17) is 20.3 Å². The lowest BCUT2D eigenvalue weighted by Gasteiger charge is -2.15. The van der Waals surface area contributed by atoms with E-state index in [-0.39, 0.29) is 11.8 Å². The SMILES string of the molecule is CC(C)(C)N.CCCCOC(C)OC(C)O. The van der Waals surface area contributed by atoms with Crippen LogP contribution in [0.2, 0.25) is 0 Å². The minimum absolute atomic E-state index is 0. The molecule has 2 unspecified atom stereocenters. The summed E-state index contributed by atoms with van der Waals surface area (Å²) in [7, 11) is 0. The van der Waals surface area contributed by atoms with Gasteiger partial charge in [-0.3, -0.25) is 0 Å². The molecule has 4 heteroatoms. The van der Waals surface area contributed by atoms with Crippen molar-refractivity contribution in [3.05, 3.63) is 0 Å². The zero-order valence-electron chi connectivity index (χ0n) is 11.6. The van der Waals surface area contributed by atoms with Crippen molar-refractivity contribution in [2.45, 2.75) is 72.5 Å². The van der Waals surface area contributed by atoms with Crippen LogP contribution in [0.15, 0.2) is 0 Å². The summed E-state index contributed by atoms with van der Waals surface area (Å²) in [4.78, 5) is 0. The number of hydrogen-bond acceptors (Lipinski definition) is 4. The van der Waals surface area contributed by atoms with Gasteiger partial charge in [-0.25, -0.2) is 0 Å². The van der Waals surface area contributed by atoms with E-state index in [0.29, 0.717) is 6.61 Å². The van der Waals surface area contributed by atoms with Crippen LogP contribution >= 0.6 is 0 Å². The maximum Gasteiger partial charge on any atom is 0.157 e. The Balaban J connectivity index is 0. The Bertz CT molecular complexity index is 138. The summed E-state index contributed by atoms with van der Waals surface area (Å²) < 4.78 is 10.1. The summed E-state index contributed by atoms with van der Waals surface area (Å²) in [5.41, 5.74) is 5.35. The second-order valence-electron chi connectivity index (χ2n) is 4.89. The van der Waals surface area contributed by atoms with Crippen molar-refractivity contribution in [3.63, 3.8) is 0 Å². The Hall–Kier alpha value is -0.160. The molecule has 0 aliphatic carbocycles. The maximum absolute atomic E-state index is 8.78. The average molecular weight is 235 g/mol. The number of rotatable bonds is 6. The monoisotopic (exact) mass is 235 g/mol.